The molecule has 0 unspecified atom stereocenters. The van der Waals surface area contributed by atoms with Crippen LogP contribution in [0.5, 0.6) is 0 Å². The molecule has 0 radical (unpaired) electrons. The van der Waals surface area contributed by atoms with Crippen LogP contribution in [-0.4, -0.2) is 26.5 Å². The molecule has 1 aromatic carbocycles. The van der Waals surface area contributed by atoms with Gasteiger partial charge in [0.2, 0.25) is 11.1 Å². The molecule has 1 fully saturated rings. The lowest BCUT2D eigenvalue weighted by Gasteiger charge is -2.26. The van der Waals surface area contributed by atoms with E-state index >= 15 is 0 Å². The molecule has 1 heterocycles. The number of benzene rings is 1. The second-order valence-electron chi connectivity index (χ2n) is 6.48. The van der Waals surface area contributed by atoms with Crippen LogP contribution < -0.4 is 11.2 Å². The molecule has 4 rings (SSSR count). The van der Waals surface area contributed by atoms with Crippen LogP contribution in [0, 0.1) is 0 Å². The highest BCUT2D eigenvalue weighted by Gasteiger charge is 2.30. The Balaban J connectivity index is 1.36. The summed E-state index contributed by atoms with van der Waals surface area (Å²) in [4.78, 5) is 12.3. The van der Waals surface area contributed by atoms with Crippen molar-refractivity contribution < 1.29 is 4.79 Å². The molecule has 126 valence electrons. The average molecular weight is 343 g/mol. The summed E-state index contributed by atoms with van der Waals surface area (Å²) < 4.78 is 1.53. The number of nitrogens with one attached hydrogen (secondary N) is 1. The van der Waals surface area contributed by atoms with E-state index in [9.17, 15) is 4.79 Å². The smallest absolute Gasteiger partial charge is 0.230 e. The lowest BCUT2D eigenvalue weighted by Crippen LogP contribution is -2.32. The number of carbonyl (C=O) groups excluding carboxylic acids is 1. The monoisotopic (exact) mass is 343 g/mol. The van der Waals surface area contributed by atoms with Crippen LogP contribution >= 0.6 is 11.8 Å². The summed E-state index contributed by atoms with van der Waals surface area (Å²) in [5.74, 6) is 7.61. The maximum atomic E-state index is 12.3. The zero-order valence-corrected chi connectivity index (χ0v) is 14.3. The zero-order chi connectivity index (χ0) is 16.5. The van der Waals surface area contributed by atoms with Gasteiger partial charge in [-0.1, -0.05) is 36.0 Å². The molecule has 24 heavy (non-hydrogen) atoms. The SMILES string of the molecule is Nn1c(SCC(=O)N[C@H]2CCCc3ccccc32)nnc1C1CC1. The largest absolute Gasteiger partial charge is 0.349 e. The van der Waals surface area contributed by atoms with Gasteiger partial charge >= 0.3 is 0 Å². The number of nitrogens with zero attached hydrogens (tertiary/aromatic N) is 3. The van der Waals surface area contributed by atoms with Crippen molar-refractivity contribution >= 4 is 17.7 Å². The van der Waals surface area contributed by atoms with E-state index in [0.29, 0.717) is 16.8 Å². The van der Waals surface area contributed by atoms with Gasteiger partial charge in [-0.15, -0.1) is 10.2 Å². The van der Waals surface area contributed by atoms with Crippen LogP contribution in [0.25, 0.3) is 0 Å². The summed E-state index contributed by atoms with van der Waals surface area (Å²) in [5.41, 5.74) is 2.59. The predicted octanol–water partition coefficient (Wildman–Crippen LogP) is 2.16. The fourth-order valence-corrected chi connectivity index (χ4v) is 3.95. The third kappa shape index (κ3) is 3.13. The minimum atomic E-state index is 0.0117. The van der Waals surface area contributed by atoms with E-state index in [1.165, 1.54) is 27.6 Å². The molecule has 3 N–H and O–H groups in total. The van der Waals surface area contributed by atoms with Crippen molar-refractivity contribution in [3.8, 4) is 0 Å². The molecule has 2 aliphatic carbocycles. The third-order valence-electron chi connectivity index (χ3n) is 4.67. The summed E-state index contributed by atoms with van der Waals surface area (Å²) in [5, 5.41) is 12.0. The van der Waals surface area contributed by atoms with Crippen LogP contribution in [0.1, 0.15) is 54.6 Å². The predicted molar refractivity (Wildman–Crippen MR) is 93.1 cm³/mol. The highest BCUT2D eigenvalue weighted by molar-refractivity contribution is 7.99. The second kappa shape index (κ2) is 6.47. The zero-order valence-electron chi connectivity index (χ0n) is 13.4. The van der Waals surface area contributed by atoms with Gasteiger partial charge in [-0.05, 0) is 43.2 Å². The van der Waals surface area contributed by atoms with Gasteiger partial charge in [0, 0.05) is 5.92 Å². The number of hydrogen-bond donors (Lipinski definition) is 2. The molecule has 1 amide bonds. The van der Waals surface area contributed by atoms with Crippen LogP contribution in [0.4, 0.5) is 0 Å². The van der Waals surface area contributed by atoms with Crippen molar-refractivity contribution in [2.45, 2.75) is 49.2 Å². The number of nitrogen functional groups attached to an aromatic ring is 1. The molecule has 2 aromatic rings. The van der Waals surface area contributed by atoms with Crippen molar-refractivity contribution in [2.24, 2.45) is 0 Å². The highest BCUT2D eigenvalue weighted by Crippen LogP contribution is 2.39. The molecule has 2 aliphatic rings. The van der Waals surface area contributed by atoms with Gasteiger partial charge in [0.15, 0.2) is 5.82 Å². The van der Waals surface area contributed by atoms with Crippen molar-refractivity contribution in [1.29, 1.82) is 0 Å². The highest BCUT2D eigenvalue weighted by atomic mass is 32.2. The average Bonchev–Trinajstić information content (AvgIpc) is 3.37. The number of carbonyl (C=O) groups is 1. The van der Waals surface area contributed by atoms with Crippen LogP contribution in [0.15, 0.2) is 29.4 Å². The molecular formula is C17H21N5OS. The number of aryl methyl sites for hydroxylation is 1. The van der Waals surface area contributed by atoms with Gasteiger partial charge in [-0.25, -0.2) is 4.68 Å². The van der Waals surface area contributed by atoms with Crippen LogP contribution in [0.3, 0.4) is 0 Å². The van der Waals surface area contributed by atoms with E-state index in [-0.39, 0.29) is 11.9 Å². The third-order valence-corrected chi connectivity index (χ3v) is 5.61. The quantitative estimate of drug-likeness (QED) is 0.642. The first-order chi connectivity index (χ1) is 11.7. The lowest BCUT2D eigenvalue weighted by molar-refractivity contribution is -0.119. The summed E-state index contributed by atoms with van der Waals surface area (Å²) in [6.07, 6.45) is 5.45. The van der Waals surface area contributed by atoms with E-state index in [1.807, 2.05) is 6.07 Å². The van der Waals surface area contributed by atoms with Crippen molar-refractivity contribution in [1.82, 2.24) is 20.2 Å². The maximum absolute atomic E-state index is 12.3. The van der Waals surface area contributed by atoms with Crippen LogP contribution in [-0.2, 0) is 11.2 Å². The first-order valence-electron chi connectivity index (χ1n) is 8.42. The van der Waals surface area contributed by atoms with Gasteiger partial charge in [0.1, 0.15) is 0 Å². The minimum Gasteiger partial charge on any atom is -0.349 e. The van der Waals surface area contributed by atoms with Crippen molar-refractivity contribution in [3.05, 3.63) is 41.2 Å². The number of amides is 1. The van der Waals surface area contributed by atoms with Crippen LogP contribution in [0.2, 0.25) is 0 Å². The Bertz CT molecular complexity index is 755. The van der Waals surface area contributed by atoms with Gasteiger partial charge < -0.3 is 11.2 Å². The Hall–Kier alpha value is -2.02. The fourth-order valence-electron chi connectivity index (χ4n) is 3.28. The van der Waals surface area contributed by atoms with Gasteiger partial charge in [0.05, 0.1) is 11.8 Å². The molecule has 0 spiro atoms. The van der Waals surface area contributed by atoms with Gasteiger partial charge in [0.25, 0.3) is 0 Å². The Morgan fingerprint density at radius 3 is 2.96 bits per heavy atom. The first-order valence-corrected chi connectivity index (χ1v) is 9.41. The van der Waals surface area contributed by atoms with E-state index in [2.05, 4.69) is 33.7 Å². The molecule has 1 saturated carbocycles. The topological polar surface area (TPSA) is 85.8 Å². The summed E-state index contributed by atoms with van der Waals surface area (Å²) in [6, 6.07) is 8.48. The molecule has 7 heteroatoms. The summed E-state index contributed by atoms with van der Waals surface area (Å²) in [6.45, 7) is 0. The van der Waals surface area contributed by atoms with E-state index < -0.39 is 0 Å². The van der Waals surface area contributed by atoms with E-state index in [4.69, 9.17) is 5.84 Å². The fraction of sp³-hybridized carbons (Fsp3) is 0.471. The molecule has 6 nitrogen and oxygen atoms in total. The maximum Gasteiger partial charge on any atom is 0.230 e. The summed E-state index contributed by atoms with van der Waals surface area (Å²) >= 11 is 1.34. The number of thioether (sulfide) groups is 1. The standard InChI is InChI=1S/C17H21N5OS/c18-22-16(12-8-9-12)20-21-17(22)24-10-15(23)19-14-7-3-5-11-4-1-2-6-13(11)14/h1-2,4,6,12,14H,3,5,7-10,18H2,(H,19,23)/t14-/m0/s1. The molecule has 0 saturated heterocycles. The van der Waals surface area contributed by atoms with Crippen molar-refractivity contribution in [2.75, 3.05) is 11.6 Å². The molecule has 1 atom stereocenters. The normalized spacial score (nSPS) is 19.8. The Labute approximate surface area is 145 Å². The molecule has 0 aliphatic heterocycles. The second-order valence-corrected chi connectivity index (χ2v) is 7.43. The Kier molecular flexibility index (Phi) is 4.18. The number of fused-ring (bicyclic) bond motifs is 1. The number of aromatic nitrogens is 3. The Morgan fingerprint density at radius 2 is 2.12 bits per heavy atom. The van der Waals surface area contributed by atoms with Gasteiger partial charge in [-0.2, -0.15) is 0 Å². The first kappa shape index (κ1) is 15.5. The minimum absolute atomic E-state index is 0.0117. The molecule has 1 aromatic heterocycles. The number of hydrogen-bond acceptors (Lipinski definition) is 5. The summed E-state index contributed by atoms with van der Waals surface area (Å²) in [7, 11) is 0. The number of rotatable bonds is 5. The molecular weight excluding hydrogens is 322 g/mol. The molecule has 0 bridgehead atoms. The Morgan fingerprint density at radius 1 is 1.29 bits per heavy atom. The lowest BCUT2D eigenvalue weighted by atomic mass is 9.88. The number of nitrogens with two attached hydrogens (primary N) is 1. The van der Waals surface area contributed by atoms with E-state index in [1.54, 1.807) is 0 Å². The van der Waals surface area contributed by atoms with E-state index in [0.717, 1.165) is 37.9 Å². The van der Waals surface area contributed by atoms with Crippen molar-refractivity contribution in [3.63, 3.8) is 0 Å². The van der Waals surface area contributed by atoms with Gasteiger partial charge in [-0.3, -0.25) is 4.79 Å².